The fourth-order valence-electron chi connectivity index (χ4n) is 3.11. The number of amides is 2. The summed E-state index contributed by atoms with van der Waals surface area (Å²) in [5, 5.41) is 3.52. The van der Waals surface area contributed by atoms with Crippen molar-refractivity contribution in [2.24, 2.45) is 5.92 Å². The van der Waals surface area contributed by atoms with Crippen molar-refractivity contribution in [3.8, 4) is 11.5 Å². The molecule has 0 radical (unpaired) electrons. The number of rotatable bonds is 6. The van der Waals surface area contributed by atoms with Crippen molar-refractivity contribution in [2.45, 2.75) is 6.42 Å². The summed E-state index contributed by atoms with van der Waals surface area (Å²) in [5.41, 5.74) is 1.30. The second-order valence-corrected chi connectivity index (χ2v) is 6.77. The fraction of sp³-hybridized carbons (Fsp3) is 0.300. The van der Waals surface area contributed by atoms with Crippen LogP contribution in [-0.4, -0.2) is 39.1 Å². The zero-order valence-electron chi connectivity index (χ0n) is 15.2. The van der Waals surface area contributed by atoms with Crippen molar-refractivity contribution < 1.29 is 19.1 Å². The van der Waals surface area contributed by atoms with Crippen molar-refractivity contribution in [3.05, 3.63) is 53.1 Å². The van der Waals surface area contributed by atoms with Gasteiger partial charge >= 0.3 is 0 Å². The van der Waals surface area contributed by atoms with Crippen LogP contribution >= 0.6 is 11.6 Å². The lowest BCUT2D eigenvalue weighted by molar-refractivity contribution is -0.117. The molecule has 1 aliphatic heterocycles. The van der Waals surface area contributed by atoms with Gasteiger partial charge in [-0.1, -0.05) is 11.6 Å². The standard InChI is InChI=1S/C20H21ClN2O4/c1-26-17-8-3-14(10-18(17)27-2)20(25)22-11-13-9-19(24)23(12-13)16-6-4-15(21)5-7-16/h3-8,10,13H,9,11-12H2,1-2H3,(H,22,25). The van der Waals surface area contributed by atoms with Gasteiger partial charge in [-0.2, -0.15) is 0 Å². The van der Waals surface area contributed by atoms with E-state index in [9.17, 15) is 9.59 Å². The number of nitrogens with one attached hydrogen (secondary N) is 1. The third kappa shape index (κ3) is 4.34. The maximum absolute atomic E-state index is 12.4. The second kappa shape index (κ2) is 8.31. The van der Waals surface area contributed by atoms with Crippen LogP contribution in [0, 0.1) is 5.92 Å². The summed E-state index contributed by atoms with van der Waals surface area (Å²) in [6, 6.07) is 12.2. The van der Waals surface area contributed by atoms with E-state index in [1.807, 2.05) is 12.1 Å². The van der Waals surface area contributed by atoms with Gasteiger partial charge < -0.3 is 19.7 Å². The minimum atomic E-state index is -0.214. The molecule has 0 saturated carbocycles. The molecule has 0 aromatic heterocycles. The van der Waals surface area contributed by atoms with Crippen molar-refractivity contribution in [1.82, 2.24) is 5.32 Å². The maximum Gasteiger partial charge on any atom is 0.251 e. The van der Waals surface area contributed by atoms with Gasteiger partial charge in [0, 0.05) is 41.7 Å². The van der Waals surface area contributed by atoms with Crippen LogP contribution in [0.15, 0.2) is 42.5 Å². The molecule has 0 bridgehead atoms. The largest absolute Gasteiger partial charge is 0.493 e. The van der Waals surface area contributed by atoms with Crippen molar-refractivity contribution in [3.63, 3.8) is 0 Å². The van der Waals surface area contributed by atoms with E-state index in [-0.39, 0.29) is 17.7 Å². The molecular weight excluding hydrogens is 368 g/mol. The highest BCUT2D eigenvalue weighted by Crippen LogP contribution is 2.28. The molecule has 1 fully saturated rings. The number of carbonyl (C=O) groups excluding carboxylic acids is 2. The summed E-state index contributed by atoms with van der Waals surface area (Å²) in [6.07, 6.45) is 0.398. The van der Waals surface area contributed by atoms with Crippen LogP contribution in [0.4, 0.5) is 5.69 Å². The number of carbonyl (C=O) groups is 2. The number of hydrogen-bond donors (Lipinski definition) is 1. The van der Waals surface area contributed by atoms with Crippen LogP contribution in [0.2, 0.25) is 5.02 Å². The van der Waals surface area contributed by atoms with Gasteiger partial charge in [-0.15, -0.1) is 0 Å². The van der Waals surface area contributed by atoms with Gasteiger partial charge in [0.25, 0.3) is 5.91 Å². The van der Waals surface area contributed by atoms with Crippen molar-refractivity contribution >= 4 is 29.1 Å². The molecule has 2 aromatic rings. The second-order valence-electron chi connectivity index (χ2n) is 6.33. The van der Waals surface area contributed by atoms with Crippen molar-refractivity contribution in [2.75, 3.05) is 32.2 Å². The maximum atomic E-state index is 12.4. The van der Waals surface area contributed by atoms with Crippen LogP contribution in [0.25, 0.3) is 0 Å². The van der Waals surface area contributed by atoms with E-state index in [0.717, 1.165) is 5.69 Å². The Bertz CT molecular complexity index is 838. The van der Waals surface area contributed by atoms with E-state index in [4.69, 9.17) is 21.1 Å². The molecule has 0 aliphatic carbocycles. The van der Waals surface area contributed by atoms with E-state index < -0.39 is 0 Å². The first-order valence-electron chi connectivity index (χ1n) is 8.58. The summed E-state index contributed by atoms with van der Waals surface area (Å²) in [5.74, 6) is 0.942. The Balaban J connectivity index is 1.59. The summed E-state index contributed by atoms with van der Waals surface area (Å²) in [4.78, 5) is 26.4. The highest BCUT2D eigenvalue weighted by atomic mass is 35.5. The zero-order valence-corrected chi connectivity index (χ0v) is 16.0. The van der Waals surface area contributed by atoms with E-state index in [0.29, 0.717) is 41.6 Å². The minimum absolute atomic E-state index is 0.0442. The molecule has 142 valence electrons. The van der Waals surface area contributed by atoms with Gasteiger partial charge in [-0.05, 0) is 42.5 Å². The lowest BCUT2D eigenvalue weighted by Gasteiger charge is -2.17. The smallest absolute Gasteiger partial charge is 0.251 e. The molecular formula is C20H21ClN2O4. The molecule has 6 nitrogen and oxygen atoms in total. The lowest BCUT2D eigenvalue weighted by atomic mass is 10.1. The van der Waals surface area contributed by atoms with Gasteiger partial charge in [0.2, 0.25) is 5.91 Å². The highest BCUT2D eigenvalue weighted by molar-refractivity contribution is 6.30. The fourth-order valence-corrected chi connectivity index (χ4v) is 3.23. The van der Waals surface area contributed by atoms with E-state index in [1.54, 1.807) is 42.3 Å². The number of hydrogen-bond acceptors (Lipinski definition) is 4. The Morgan fingerprint density at radius 1 is 1.15 bits per heavy atom. The Labute approximate surface area is 163 Å². The third-order valence-corrected chi connectivity index (χ3v) is 4.79. The Hall–Kier alpha value is -2.73. The Morgan fingerprint density at radius 3 is 2.52 bits per heavy atom. The number of benzene rings is 2. The predicted molar refractivity (Wildman–Crippen MR) is 104 cm³/mol. The van der Waals surface area contributed by atoms with Crippen LogP contribution in [0.1, 0.15) is 16.8 Å². The first-order valence-corrected chi connectivity index (χ1v) is 8.95. The van der Waals surface area contributed by atoms with Gasteiger partial charge in [-0.3, -0.25) is 9.59 Å². The molecule has 1 atom stereocenters. The molecule has 1 saturated heterocycles. The quantitative estimate of drug-likeness (QED) is 0.825. The molecule has 1 heterocycles. The predicted octanol–water partition coefficient (Wildman–Crippen LogP) is 3.14. The van der Waals surface area contributed by atoms with Crippen LogP contribution in [-0.2, 0) is 4.79 Å². The number of nitrogens with zero attached hydrogens (tertiary/aromatic N) is 1. The molecule has 2 aromatic carbocycles. The van der Waals surface area contributed by atoms with Crippen LogP contribution < -0.4 is 19.7 Å². The Kier molecular flexibility index (Phi) is 5.86. The normalized spacial score (nSPS) is 16.3. The minimum Gasteiger partial charge on any atom is -0.493 e. The summed E-state index contributed by atoms with van der Waals surface area (Å²) in [7, 11) is 3.07. The van der Waals surface area contributed by atoms with Gasteiger partial charge in [0.05, 0.1) is 14.2 Å². The molecule has 1 aliphatic rings. The van der Waals surface area contributed by atoms with Gasteiger partial charge in [-0.25, -0.2) is 0 Å². The van der Waals surface area contributed by atoms with Crippen molar-refractivity contribution in [1.29, 1.82) is 0 Å². The Morgan fingerprint density at radius 2 is 1.85 bits per heavy atom. The molecule has 3 rings (SSSR count). The number of halogens is 1. The molecule has 2 amide bonds. The zero-order chi connectivity index (χ0) is 19.4. The molecule has 1 N–H and O–H groups in total. The number of ether oxygens (including phenoxy) is 2. The first kappa shape index (κ1) is 19.0. The summed E-state index contributed by atoms with van der Waals surface area (Å²) < 4.78 is 10.4. The summed E-state index contributed by atoms with van der Waals surface area (Å²) >= 11 is 5.90. The van der Waals surface area contributed by atoms with Gasteiger partial charge in [0.1, 0.15) is 0 Å². The number of methoxy groups -OCH3 is 2. The van der Waals surface area contributed by atoms with E-state index in [1.165, 1.54) is 7.11 Å². The first-order chi connectivity index (χ1) is 13.0. The highest BCUT2D eigenvalue weighted by Gasteiger charge is 2.30. The van der Waals surface area contributed by atoms with Crippen LogP contribution in [0.5, 0.6) is 11.5 Å². The third-order valence-electron chi connectivity index (χ3n) is 4.54. The topological polar surface area (TPSA) is 67.9 Å². The van der Waals surface area contributed by atoms with Gasteiger partial charge in [0.15, 0.2) is 11.5 Å². The molecule has 1 unspecified atom stereocenters. The van der Waals surface area contributed by atoms with E-state index in [2.05, 4.69) is 5.32 Å². The average Bonchev–Trinajstić information content (AvgIpc) is 3.06. The molecule has 7 heteroatoms. The molecule has 27 heavy (non-hydrogen) atoms. The summed E-state index contributed by atoms with van der Waals surface area (Å²) in [6.45, 7) is 0.982. The van der Waals surface area contributed by atoms with Crippen LogP contribution in [0.3, 0.4) is 0 Å². The molecule has 0 spiro atoms. The lowest BCUT2D eigenvalue weighted by Crippen LogP contribution is -2.31. The average molecular weight is 389 g/mol. The SMILES string of the molecule is COc1ccc(C(=O)NCC2CC(=O)N(c3ccc(Cl)cc3)C2)cc1OC. The number of anilines is 1. The monoisotopic (exact) mass is 388 g/mol. The van der Waals surface area contributed by atoms with E-state index >= 15 is 0 Å².